The van der Waals surface area contributed by atoms with Crippen molar-refractivity contribution in [1.29, 1.82) is 0 Å². The SMILES string of the molecule is Clc1nc2ccccc2cc1CNc1cccc(OCC2CCCO2)c1. The first-order valence-corrected chi connectivity index (χ1v) is 9.28. The Morgan fingerprint density at radius 2 is 2.08 bits per heavy atom. The van der Waals surface area contributed by atoms with Crippen LogP contribution < -0.4 is 10.1 Å². The van der Waals surface area contributed by atoms with Crippen molar-refractivity contribution < 1.29 is 9.47 Å². The largest absolute Gasteiger partial charge is 0.491 e. The van der Waals surface area contributed by atoms with E-state index in [2.05, 4.69) is 16.4 Å². The van der Waals surface area contributed by atoms with E-state index in [1.54, 1.807) is 0 Å². The fourth-order valence-electron chi connectivity index (χ4n) is 3.12. The van der Waals surface area contributed by atoms with Crippen molar-refractivity contribution in [3.05, 3.63) is 65.3 Å². The van der Waals surface area contributed by atoms with E-state index in [-0.39, 0.29) is 6.10 Å². The highest BCUT2D eigenvalue weighted by Gasteiger charge is 2.16. The summed E-state index contributed by atoms with van der Waals surface area (Å²) in [6.07, 6.45) is 2.41. The van der Waals surface area contributed by atoms with Gasteiger partial charge in [-0.25, -0.2) is 4.98 Å². The predicted molar refractivity (Wildman–Crippen MR) is 105 cm³/mol. The topological polar surface area (TPSA) is 43.4 Å². The van der Waals surface area contributed by atoms with Crippen LogP contribution in [0.1, 0.15) is 18.4 Å². The van der Waals surface area contributed by atoms with Gasteiger partial charge in [-0.1, -0.05) is 35.9 Å². The number of rotatable bonds is 6. The number of para-hydroxylation sites is 1. The zero-order chi connectivity index (χ0) is 17.8. The lowest BCUT2D eigenvalue weighted by Gasteiger charge is -2.13. The molecule has 2 aromatic carbocycles. The van der Waals surface area contributed by atoms with Gasteiger partial charge in [0.2, 0.25) is 0 Å². The standard InChI is InChI=1S/C21H21ClN2O2/c22-21-16(11-15-5-1-2-9-20(15)24-21)13-23-17-6-3-7-18(12-17)26-14-19-8-4-10-25-19/h1-3,5-7,9,11-12,19,23H,4,8,10,13-14H2. The molecule has 1 atom stereocenters. The third-order valence-corrected chi connectivity index (χ3v) is 4.85. The number of benzene rings is 2. The van der Waals surface area contributed by atoms with Crippen LogP contribution in [0, 0.1) is 0 Å². The molecule has 0 bridgehead atoms. The van der Waals surface area contributed by atoms with Crippen molar-refractivity contribution in [3.8, 4) is 5.75 Å². The van der Waals surface area contributed by atoms with Crippen LogP contribution in [0.5, 0.6) is 5.75 Å². The Balaban J connectivity index is 1.41. The summed E-state index contributed by atoms with van der Waals surface area (Å²) >= 11 is 6.33. The van der Waals surface area contributed by atoms with Crippen LogP contribution in [-0.4, -0.2) is 24.3 Å². The number of fused-ring (bicyclic) bond motifs is 1. The van der Waals surface area contributed by atoms with Crippen LogP contribution in [0.2, 0.25) is 5.15 Å². The van der Waals surface area contributed by atoms with E-state index in [1.165, 1.54) is 0 Å². The Morgan fingerprint density at radius 3 is 2.96 bits per heavy atom. The molecule has 1 aromatic heterocycles. The molecule has 2 heterocycles. The second-order valence-corrected chi connectivity index (χ2v) is 6.82. The molecule has 0 amide bonds. The Labute approximate surface area is 158 Å². The van der Waals surface area contributed by atoms with Crippen LogP contribution in [0.3, 0.4) is 0 Å². The molecular weight excluding hydrogens is 348 g/mol. The van der Waals surface area contributed by atoms with Crippen LogP contribution in [-0.2, 0) is 11.3 Å². The molecule has 0 saturated carbocycles. The molecule has 5 heteroatoms. The Morgan fingerprint density at radius 1 is 1.15 bits per heavy atom. The van der Waals surface area contributed by atoms with Gasteiger partial charge in [0, 0.05) is 35.9 Å². The molecule has 1 saturated heterocycles. The maximum atomic E-state index is 6.33. The summed E-state index contributed by atoms with van der Waals surface area (Å²) < 4.78 is 11.5. The molecular formula is C21H21ClN2O2. The summed E-state index contributed by atoms with van der Waals surface area (Å²) in [7, 11) is 0. The number of aromatic nitrogens is 1. The normalized spacial score (nSPS) is 16.7. The molecule has 1 unspecified atom stereocenters. The van der Waals surface area contributed by atoms with E-state index >= 15 is 0 Å². The molecule has 0 radical (unpaired) electrons. The van der Waals surface area contributed by atoms with Gasteiger partial charge in [0.25, 0.3) is 0 Å². The minimum atomic E-state index is 0.217. The summed E-state index contributed by atoms with van der Waals surface area (Å²) in [6.45, 7) is 2.05. The van der Waals surface area contributed by atoms with Crippen LogP contribution in [0.25, 0.3) is 10.9 Å². The summed E-state index contributed by atoms with van der Waals surface area (Å²) in [6, 6.07) is 18.0. The molecule has 1 aliphatic heterocycles. The van der Waals surface area contributed by atoms with Gasteiger partial charge in [-0.2, -0.15) is 0 Å². The highest BCUT2D eigenvalue weighted by Crippen LogP contribution is 2.23. The first kappa shape index (κ1) is 17.1. The first-order chi connectivity index (χ1) is 12.8. The lowest BCUT2D eigenvalue weighted by molar-refractivity contribution is 0.0680. The number of halogens is 1. The van der Waals surface area contributed by atoms with Crippen LogP contribution >= 0.6 is 11.6 Å². The quantitative estimate of drug-likeness (QED) is 0.618. The number of nitrogens with one attached hydrogen (secondary N) is 1. The third kappa shape index (κ3) is 4.09. The second kappa shape index (κ2) is 7.94. The number of pyridine rings is 1. The fourth-order valence-corrected chi connectivity index (χ4v) is 3.33. The zero-order valence-electron chi connectivity index (χ0n) is 14.5. The predicted octanol–water partition coefficient (Wildman–Crippen LogP) is 5.06. The third-order valence-electron chi connectivity index (χ3n) is 4.53. The van der Waals surface area contributed by atoms with E-state index in [1.807, 2.05) is 48.5 Å². The molecule has 0 spiro atoms. The van der Waals surface area contributed by atoms with Crippen LogP contribution in [0.4, 0.5) is 5.69 Å². The van der Waals surface area contributed by atoms with Gasteiger partial charge < -0.3 is 14.8 Å². The molecule has 1 fully saturated rings. The van der Waals surface area contributed by atoms with E-state index in [0.29, 0.717) is 18.3 Å². The number of nitrogens with zero attached hydrogens (tertiary/aromatic N) is 1. The Kier molecular flexibility index (Phi) is 5.23. The maximum Gasteiger partial charge on any atom is 0.134 e. The monoisotopic (exact) mass is 368 g/mol. The van der Waals surface area contributed by atoms with Crippen molar-refractivity contribution in [2.24, 2.45) is 0 Å². The average molecular weight is 369 g/mol. The highest BCUT2D eigenvalue weighted by molar-refractivity contribution is 6.30. The first-order valence-electron chi connectivity index (χ1n) is 8.90. The second-order valence-electron chi connectivity index (χ2n) is 6.46. The van der Waals surface area contributed by atoms with Crippen molar-refractivity contribution in [2.45, 2.75) is 25.5 Å². The maximum absolute atomic E-state index is 6.33. The van der Waals surface area contributed by atoms with E-state index in [9.17, 15) is 0 Å². The summed E-state index contributed by atoms with van der Waals surface area (Å²) in [5.74, 6) is 0.841. The molecule has 4 rings (SSSR count). The number of anilines is 1. The van der Waals surface area contributed by atoms with E-state index in [0.717, 1.165) is 47.4 Å². The number of hydrogen-bond acceptors (Lipinski definition) is 4. The molecule has 1 aliphatic rings. The Hall–Kier alpha value is -2.30. The molecule has 26 heavy (non-hydrogen) atoms. The molecule has 3 aromatic rings. The van der Waals surface area contributed by atoms with Gasteiger partial charge >= 0.3 is 0 Å². The zero-order valence-corrected chi connectivity index (χ0v) is 15.2. The lowest BCUT2D eigenvalue weighted by Crippen LogP contribution is -2.16. The minimum absolute atomic E-state index is 0.217. The Bertz CT molecular complexity index is 894. The van der Waals surface area contributed by atoms with Gasteiger partial charge in [0.15, 0.2) is 0 Å². The molecule has 134 valence electrons. The van der Waals surface area contributed by atoms with Crippen molar-refractivity contribution in [2.75, 3.05) is 18.5 Å². The smallest absolute Gasteiger partial charge is 0.134 e. The van der Waals surface area contributed by atoms with E-state index < -0.39 is 0 Å². The minimum Gasteiger partial charge on any atom is -0.491 e. The van der Waals surface area contributed by atoms with Crippen molar-refractivity contribution >= 4 is 28.2 Å². The summed E-state index contributed by atoms with van der Waals surface area (Å²) in [5.41, 5.74) is 2.86. The van der Waals surface area contributed by atoms with Gasteiger partial charge in [-0.3, -0.25) is 0 Å². The van der Waals surface area contributed by atoms with Gasteiger partial charge in [0.05, 0.1) is 11.6 Å². The molecule has 4 nitrogen and oxygen atoms in total. The van der Waals surface area contributed by atoms with Gasteiger partial charge in [-0.05, 0) is 37.1 Å². The van der Waals surface area contributed by atoms with Gasteiger partial charge in [0.1, 0.15) is 17.5 Å². The van der Waals surface area contributed by atoms with Crippen LogP contribution in [0.15, 0.2) is 54.6 Å². The molecule has 1 N–H and O–H groups in total. The van der Waals surface area contributed by atoms with Gasteiger partial charge in [-0.15, -0.1) is 0 Å². The highest BCUT2D eigenvalue weighted by atomic mass is 35.5. The summed E-state index contributed by atoms with van der Waals surface area (Å²) in [5, 5.41) is 5.01. The average Bonchev–Trinajstić information content (AvgIpc) is 3.19. The van der Waals surface area contributed by atoms with E-state index in [4.69, 9.17) is 21.1 Å². The molecule has 0 aliphatic carbocycles. The fraction of sp³-hybridized carbons (Fsp3) is 0.286. The number of ether oxygens (including phenoxy) is 2. The summed E-state index contributed by atoms with van der Waals surface area (Å²) in [4.78, 5) is 4.47. The van der Waals surface area contributed by atoms with Crippen molar-refractivity contribution in [1.82, 2.24) is 4.98 Å². The van der Waals surface area contributed by atoms with Crippen molar-refractivity contribution in [3.63, 3.8) is 0 Å². The number of hydrogen-bond donors (Lipinski definition) is 1. The lowest BCUT2D eigenvalue weighted by atomic mass is 10.1.